The first-order valence-corrected chi connectivity index (χ1v) is 9.90. The second kappa shape index (κ2) is 10.1. The van der Waals surface area contributed by atoms with Gasteiger partial charge in [0, 0.05) is 32.6 Å². The molecule has 0 aliphatic carbocycles. The molecule has 1 aliphatic rings. The number of carbonyl (C=O) groups is 3. The third kappa shape index (κ3) is 5.71. The van der Waals surface area contributed by atoms with Crippen LogP contribution in [0.3, 0.4) is 0 Å². The van der Waals surface area contributed by atoms with E-state index in [-0.39, 0.29) is 23.8 Å². The zero-order valence-electron chi connectivity index (χ0n) is 16.9. The van der Waals surface area contributed by atoms with E-state index in [9.17, 15) is 19.5 Å². The molecular weight excluding hydrogens is 358 g/mol. The SMILES string of the molecule is CC[C@H](C)[C@H](NC(=O)C1CCN(C(=O)N(C)Cc2ccccc2)CC1)C(=O)O. The fourth-order valence-corrected chi connectivity index (χ4v) is 3.45. The summed E-state index contributed by atoms with van der Waals surface area (Å²) in [7, 11) is 1.78. The number of piperidine rings is 1. The van der Waals surface area contributed by atoms with E-state index in [0.717, 1.165) is 5.56 Å². The van der Waals surface area contributed by atoms with Crippen LogP contribution in [0, 0.1) is 11.8 Å². The Labute approximate surface area is 166 Å². The van der Waals surface area contributed by atoms with Gasteiger partial charge in [-0.1, -0.05) is 50.6 Å². The van der Waals surface area contributed by atoms with Crippen molar-refractivity contribution in [1.82, 2.24) is 15.1 Å². The first kappa shape index (κ1) is 21.7. The number of benzene rings is 1. The van der Waals surface area contributed by atoms with Gasteiger partial charge in [-0.3, -0.25) is 4.79 Å². The number of hydrogen-bond acceptors (Lipinski definition) is 3. The lowest BCUT2D eigenvalue weighted by Gasteiger charge is -2.34. The fraction of sp³-hybridized carbons (Fsp3) is 0.571. The Kier molecular flexibility index (Phi) is 7.84. The van der Waals surface area contributed by atoms with E-state index in [2.05, 4.69) is 5.32 Å². The maximum Gasteiger partial charge on any atom is 0.326 e. The van der Waals surface area contributed by atoms with Crippen molar-refractivity contribution in [3.8, 4) is 0 Å². The van der Waals surface area contributed by atoms with Crippen LogP contribution in [0.4, 0.5) is 4.79 Å². The minimum Gasteiger partial charge on any atom is -0.480 e. The molecule has 3 amide bonds. The van der Waals surface area contributed by atoms with Crippen molar-refractivity contribution in [3.05, 3.63) is 35.9 Å². The van der Waals surface area contributed by atoms with Gasteiger partial charge in [0.05, 0.1) is 0 Å². The van der Waals surface area contributed by atoms with E-state index in [1.165, 1.54) is 0 Å². The summed E-state index contributed by atoms with van der Waals surface area (Å²) in [5.74, 6) is -1.61. The summed E-state index contributed by atoms with van der Waals surface area (Å²) in [5, 5.41) is 12.0. The Morgan fingerprint density at radius 1 is 1.21 bits per heavy atom. The Hall–Kier alpha value is -2.57. The third-order valence-electron chi connectivity index (χ3n) is 5.50. The Balaban J connectivity index is 1.85. The van der Waals surface area contributed by atoms with Gasteiger partial charge in [0.2, 0.25) is 5.91 Å². The molecule has 1 aliphatic heterocycles. The van der Waals surface area contributed by atoms with Crippen LogP contribution in [-0.2, 0) is 16.1 Å². The fourth-order valence-electron chi connectivity index (χ4n) is 3.45. The molecule has 1 heterocycles. The van der Waals surface area contributed by atoms with Crippen molar-refractivity contribution in [2.45, 2.75) is 45.7 Å². The number of likely N-dealkylation sites (tertiary alicyclic amines) is 1. The van der Waals surface area contributed by atoms with E-state index in [4.69, 9.17) is 0 Å². The minimum absolute atomic E-state index is 0.0503. The second-order valence-electron chi connectivity index (χ2n) is 7.60. The summed E-state index contributed by atoms with van der Waals surface area (Å²) in [6, 6.07) is 8.88. The molecule has 2 atom stereocenters. The highest BCUT2D eigenvalue weighted by Gasteiger charge is 2.32. The highest BCUT2D eigenvalue weighted by atomic mass is 16.4. The molecule has 2 N–H and O–H groups in total. The summed E-state index contributed by atoms with van der Waals surface area (Å²) in [5.41, 5.74) is 1.07. The second-order valence-corrected chi connectivity index (χ2v) is 7.60. The number of aliphatic carboxylic acids is 1. The summed E-state index contributed by atoms with van der Waals surface area (Å²) in [6.45, 7) is 5.26. The van der Waals surface area contributed by atoms with Crippen LogP contribution in [0.25, 0.3) is 0 Å². The maximum atomic E-state index is 12.6. The third-order valence-corrected chi connectivity index (χ3v) is 5.50. The predicted molar refractivity (Wildman–Crippen MR) is 107 cm³/mol. The molecule has 1 aromatic carbocycles. The van der Waals surface area contributed by atoms with Crippen LogP contribution in [0.15, 0.2) is 30.3 Å². The van der Waals surface area contributed by atoms with E-state index < -0.39 is 12.0 Å². The number of hydrogen-bond donors (Lipinski definition) is 2. The van der Waals surface area contributed by atoms with Gasteiger partial charge in [-0.25, -0.2) is 9.59 Å². The van der Waals surface area contributed by atoms with Crippen LogP contribution in [0.1, 0.15) is 38.7 Å². The van der Waals surface area contributed by atoms with Crippen molar-refractivity contribution >= 4 is 17.9 Å². The molecule has 1 aromatic rings. The number of nitrogens with zero attached hydrogens (tertiary/aromatic N) is 2. The molecule has 0 aromatic heterocycles. The monoisotopic (exact) mass is 389 g/mol. The van der Waals surface area contributed by atoms with Gasteiger partial charge < -0.3 is 20.2 Å². The van der Waals surface area contributed by atoms with Gasteiger partial charge in [-0.15, -0.1) is 0 Å². The molecule has 0 unspecified atom stereocenters. The van der Waals surface area contributed by atoms with Gasteiger partial charge in [-0.2, -0.15) is 0 Å². The number of amides is 3. The van der Waals surface area contributed by atoms with Gasteiger partial charge in [-0.05, 0) is 24.3 Å². The first-order valence-electron chi connectivity index (χ1n) is 9.90. The maximum absolute atomic E-state index is 12.6. The molecule has 2 rings (SSSR count). The van der Waals surface area contributed by atoms with Crippen LogP contribution < -0.4 is 5.32 Å². The topological polar surface area (TPSA) is 90.0 Å². The zero-order chi connectivity index (χ0) is 20.7. The quantitative estimate of drug-likeness (QED) is 0.750. The van der Waals surface area contributed by atoms with E-state index >= 15 is 0 Å². The highest BCUT2D eigenvalue weighted by molar-refractivity contribution is 5.85. The average Bonchev–Trinajstić information content (AvgIpc) is 2.71. The Bertz CT molecular complexity index is 671. The number of urea groups is 1. The van der Waals surface area contributed by atoms with Crippen molar-refractivity contribution in [2.24, 2.45) is 11.8 Å². The largest absolute Gasteiger partial charge is 0.480 e. The molecule has 0 spiro atoms. The lowest BCUT2D eigenvalue weighted by atomic mass is 9.93. The zero-order valence-corrected chi connectivity index (χ0v) is 16.9. The number of carboxylic acid groups (broad SMARTS) is 1. The first-order chi connectivity index (χ1) is 13.3. The molecular formula is C21H31N3O4. The highest BCUT2D eigenvalue weighted by Crippen LogP contribution is 2.20. The molecule has 28 heavy (non-hydrogen) atoms. The van der Waals surface area contributed by atoms with Crippen molar-refractivity contribution in [1.29, 1.82) is 0 Å². The van der Waals surface area contributed by atoms with Crippen LogP contribution in [-0.4, -0.2) is 59.0 Å². The number of carboxylic acids is 1. The van der Waals surface area contributed by atoms with E-state index in [0.29, 0.717) is 38.9 Å². The van der Waals surface area contributed by atoms with Gasteiger partial charge in [0.15, 0.2) is 0 Å². The summed E-state index contributed by atoms with van der Waals surface area (Å²) in [4.78, 5) is 40.0. The number of rotatable bonds is 7. The molecule has 1 saturated heterocycles. The van der Waals surface area contributed by atoms with Gasteiger partial charge in [0.1, 0.15) is 6.04 Å². The molecule has 7 nitrogen and oxygen atoms in total. The number of carbonyl (C=O) groups excluding carboxylic acids is 2. The molecule has 154 valence electrons. The van der Waals surface area contributed by atoms with Gasteiger partial charge >= 0.3 is 12.0 Å². The normalized spacial score (nSPS) is 16.9. The van der Waals surface area contributed by atoms with E-state index in [1.807, 2.05) is 44.2 Å². The van der Waals surface area contributed by atoms with Gasteiger partial charge in [0.25, 0.3) is 0 Å². The molecule has 0 saturated carbocycles. The molecule has 0 bridgehead atoms. The summed E-state index contributed by atoms with van der Waals surface area (Å²) < 4.78 is 0. The Morgan fingerprint density at radius 2 is 1.82 bits per heavy atom. The predicted octanol–water partition coefficient (Wildman–Crippen LogP) is 2.57. The lowest BCUT2D eigenvalue weighted by Crippen LogP contribution is -2.50. The van der Waals surface area contributed by atoms with Crippen molar-refractivity contribution < 1.29 is 19.5 Å². The summed E-state index contributed by atoms with van der Waals surface area (Å²) >= 11 is 0. The molecule has 7 heteroatoms. The van der Waals surface area contributed by atoms with Crippen molar-refractivity contribution in [3.63, 3.8) is 0 Å². The van der Waals surface area contributed by atoms with Crippen LogP contribution >= 0.6 is 0 Å². The van der Waals surface area contributed by atoms with Crippen molar-refractivity contribution in [2.75, 3.05) is 20.1 Å². The molecule has 0 radical (unpaired) electrons. The van der Waals surface area contributed by atoms with Crippen LogP contribution in [0.5, 0.6) is 0 Å². The minimum atomic E-state index is -1.00. The average molecular weight is 389 g/mol. The Morgan fingerprint density at radius 3 is 2.36 bits per heavy atom. The lowest BCUT2D eigenvalue weighted by molar-refractivity contribution is -0.144. The smallest absolute Gasteiger partial charge is 0.326 e. The van der Waals surface area contributed by atoms with Crippen LogP contribution in [0.2, 0.25) is 0 Å². The number of nitrogens with one attached hydrogen (secondary N) is 1. The summed E-state index contributed by atoms with van der Waals surface area (Å²) in [6.07, 6.45) is 1.77. The van der Waals surface area contributed by atoms with E-state index in [1.54, 1.807) is 16.8 Å². The standard InChI is InChI=1S/C21H31N3O4/c1-4-15(2)18(20(26)27)22-19(25)17-10-12-24(13-11-17)21(28)23(3)14-16-8-6-5-7-9-16/h5-9,15,17-18H,4,10-14H2,1-3H3,(H,22,25)(H,26,27)/t15-,18-/m0/s1. The molecule has 1 fully saturated rings.